The molecule has 1 saturated heterocycles. The number of ether oxygens (including phenoxy) is 1. The highest BCUT2D eigenvalue weighted by Crippen LogP contribution is 2.22. The fraction of sp³-hybridized carbons (Fsp3) is 0.737. The van der Waals surface area contributed by atoms with Crippen LogP contribution in [0.25, 0.3) is 0 Å². The van der Waals surface area contributed by atoms with E-state index < -0.39 is 0 Å². The summed E-state index contributed by atoms with van der Waals surface area (Å²) in [6.45, 7) is 4.83. The van der Waals surface area contributed by atoms with Crippen LogP contribution in [0.5, 0.6) is 0 Å². The first-order chi connectivity index (χ1) is 12.6. The van der Waals surface area contributed by atoms with Gasteiger partial charge in [-0.2, -0.15) is 0 Å². The molecule has 0 bridgehead atoms. The topological polar surface area (TPSA) is 76.5 Å². The predicted molar refractivity (Wildman–Crippen MR) is 98.3 cm³/mol. The van der Waals surface area contributed by atoms with Gasteiger partial charge in [-0.15, -0.1) is 0 Å². The molecule has 1 aromatic rings. The second-order valence-electron chi connectivity index (χ2n) is 7.26. The van der Waals surface area contributed by atoms with E-state index >= 15 is 0 Å². The standard InChI is InChI=1S/C19H30N4O3/c1-3-4-10-22(2)19(25)16-15-9-5-6-11-23(15)17(21-16)18(24)20-13-14-8-7-12-26-14/h14H,3-13H2,1-2H3,(H,20,24). The van der Waals surface area contributed by atoms with Gasteiger partial charge in [0.15, 0.2) is 5.82 Å². The van der Waals surface area contributed by atoms with E-state index in [2.05, 4.69) is 17.2 Å². The number of fused-ring (bicyclic) bond motifs is 1. The van der Waals surface area contributed by atoms with Crippen molar-refractivity contribution < 1.29 is 14.3 Å². The minimum atomic E-state index is -0.209. The van der Waals surface area contributed by atoms with E-state index in [1.54, 1.807) is 4.90 Å². The number of rotatable bonds is 7. The van der Waals surface area contributed by atoms with Crippen LogP contribution in [0.2, 0.25) is 0 Å². The van der Waals surface area contributed by atoms with Crippen LogP contribution in [0.15, 0.2) is 0 Å². The molecule has 1 unspecified atom stereocenters. The third-order valence-electron chi connectivity index (χ3n) is 5.23. The number of unbranched alkanes of at least 4 members (excludes halogenated alkanes) is 1. The summed E-state index contributed by atoms with van der Waals surface area (Å²) in [5, 5.41) is 2.93. The molecule has 0 saturated carbocycles. The van der Waals surface area contributed by atoms with Crippen LogP contribution in [0, 0.1) is 0 Å². The van der Waals surface area contributed by atoms with Crippen molar-refractivity contribution in [2.24, 2.45) is 0 Å². The van der Waals surface area contributed by atoms with E-state index in [4.69, 9.17) is 4.74 Å². The molecule has 2 aliphatic heterocycles. The molecule has 0 aromatic carbocycles. The molecule has 2 aliphatic rings. The summed E-state index contributed by atoms with van der Waals surface area (Å²) >= 11 is 0. The van der Waals surface area contributed by atoms with E-state index in [0.29, 0.717) is 24.6 Å². The minimum absolute atomic E-state index is 0.0812. The van der Waals surface area contributed by atoms with Crippen molar-refractivity contribution in [3.05, 3.63) is 17.2 Å². The lowest BCUT2D eigenvalue weighted by molar-refractivity contribution is 0.0786. The fourth-order valence-electron chi connectivity index (χ4n) is 3.66. The molecule has 0 aliphatic carbocycles. The normalized spacial score (nSPS) is 19.2. The van der Waals surface area contributed by atoms with Gasteiger partial charge in [0.25, 0.3) is 11.8 Å². The Bertz CT molecular complexity index is 649. The lowest BCUT2D eigenvalue weighted by Crippen LogP contribution is -2.34. The zero-order chi connectivity index (χ0) is 18.5. The van der Waals surface area contributed by atoms with Gasteiger partial charge in [0, 0.05) is 33.3 Å². The maximum atomic E-state index is 12.8. The second kappa shape index (κ2) is 8.66. The van der Waals surface area contributed by atoms with Crippen LogP contribution in [-0.4, -0.2) is 59.1 Å². The van der Waals surface area contributed by atoms with Gasteiger partial charge in [-0.05, 0) is 38.5 Å². The number of nitrogens with one attached hydrogen (secondary N) is 1. The SMILES string of the molecule is CCCCN(C)C(=O)c1nc(C(=O)NCC2CCCO2)n2c1CCCC2. The van der Waals surface area contributed by atoms with Gasteiger partial charge >= 0.3 is 0 Å². The molecule has 1 fully saturated rings. The van der Waals surface area contributed by atoms with Crippen molar-refractivity contribution in [3.63, 3.8) is 0 Å². The highest BCUT2D eigenvalue weighted by molar-refractivity contribution is 5.97. The lowest BCUT2D eigenvalue weighted by Gasteiger charge is -2.19. The number of hydrogen-bond donors (Lipinski definition) is 1. The Kier molecular flexibility index (Phi) is 6.29. The van der Waals surface area contributed by atoms with Crippen molar-refractivity contribution in [1.29, 1.82) is 0 Å². The number of aromatic nitrogens is 2. The van der Waals surface area contributed by atoms with E-state index in [1.165, 1.54) is 0 Å². The summed E-state index contributed by atoms with van der Waals surface area (Å²) in [6.07, 6.45) is 6.96. The highest BCUT2D eigenvalue weighted by Gasteiger charge is 2.29. The van der Waals surface area contributed by atoms with Crippen LogP contribution >= 0.6 is 0 Å². The maximum absolute atomic E-state index is 12.8. The van der Waals surface area contributed by atoms with Crippen LogP contribution in [-0.2, 0) is 17.7 Å². The molecule has 1 atom stereocenters. The number of amides is 2. The summed E-state index contributed by atoms with van der Waals surface area (Å²) < 4.78 is 7.50. The third kappa shape index (κ3) is 4.09. The molecule has 0 radical (unpaired) electrons. The molecule has 3 rings (SSSR count). The van der Waals surface area contributed by atoms with E-state index in [0.717, 1.165) is 63.8 Å². The number of carbonyl (C=O) groups excluding carboxylic acids is 2. The van der Waals surface area contributed by atoms with E-state index in [1.807, 2.05) is 11.6 Å². The Labute approximate surface area is 155 Å². The third-order valence-corrected chi connectivity index (χ3v) is 5.23. The Hall–Kier alpha value is -1.89. The van der Waals surface area contributed by atoms with Gasteiger partial charge in [-0.1, -0.05) is 13.3 Å². The lowest BCUT2D eigenvalue weighted by atomic mass is 10.1. The largest absolute Gasteiger partial charge is 0.376 e. The molecule has 7 nitrogen and oxygen atoms in total. The average molecular weight is 362 g/mol. The first-order valence-electron chi connectivity index (χ1n) is 9.86. The van der Waals surface area contributed by atoms with Gasteiger partial charge in [-0.25, -0.2) is 4.98 Å². The zero-order valence-electron chi connectivity index (χ0n) is 15.9. The molecule has 1 N–H and O–H groups in total. The van der Waals surface area contributed by atoms with Crippen LogP contribution < -0.4 is 5.32 Å². The molecule has 1 aromatic heterocycles. The fourth-order valence-corrected chi connectivity index (χ4v) is 3.66. The Balaban J connectivity index is 1.76. The summed E-state index contributed by atoms with van der Waals surface area (Å²) in [5.74, 6) is 0.0751. The molecule has 144 valence electrons. The summed E-state index contributed by atoms with van der Waals surface area (Å²) in [4.78, 5) is 31.7. The maximum Gasteiger partial charge on any atom is 0.287 e. The molecule has 7 heteroatoms. The van der Waals surface area contributed by atoms with Gasteiger partial charge < -0.3 is 19.5 Å². The molecule has 2 amide bonds. The molecule has 0 spiro atoms. The second-order valence-corrected chi connectivity index (χ2v) is 7.26. The van der Waals surface area contributed by atoms with Crippen molar-refractivity contribution in [2.45, 2.75) is 64.5 Å². The van der Waals surface area contributed by atoms with Crippen molar-refractivity contribution in [2.75, 3.05) is 26.7 Å². The van der Waals surface area contributed by atoms with E-state index in [9.17, 15) is 9.59 Å². The summed E-state index contributed by atoms with van der Waals surface area (Å²) in [6, 6.07) is 0. The Morgan fingerprint density at radius 1 is 1.35 bits per heavy atom. The van der Waals surface area contributed by atoms with Crippen LogP contribution in [0.1, 0.15) is 72.3 Å². The minimum Gasteiger partial charge on any atom is -0.376 e. The smallest absolute Gasteiger partial charge is 0.287 e. The van der Waals surface area contributed by atoms with Crippen LogP contribution in [0.4, 0.5) is 0 Å². The van der Waals surface area contributed by atoms with Gasteiger partial charge in [0.05, 0.1) is 11.8 Å². The Morgan fingerprint density at radius 3 is 2.92 bits per heavy atom. The monoisotopic (exact) mass is 362 g/mol. The number of carbonyl (C=O) groups is 2. The number of imidazole rings is 1. The molecular formula is C19H30N4O3. The van der Waals surface area contributed by atoms with Gasteiger partial charge in [-0.3, -0.25) is 9.59 Å². The van der Waals surface area contributed by atoms with Crippen molar-refractivity contribution in [3.8, 4) is 0 Å². The van der Waals surface area contributed by atoms with Gasteiger partial charge in [0.2, 0.25) is 0 Å². The first kappa shape index (κ1) is 18.9. The summed E-state index contributed by atoms with van der Waals surface area (Å²) in [5.41, 5.74) is 1.36. The quantitative estimate of drug-likeness (QED) is 0.805. The van der Waals surface area contributed by atoms with Crippen LogP contribution in [0.3, 0.4) is 0 Å². The molecule has 26 heavy (non-hydrogen) atoms. The molecule has 3 heterocycles. The van der Waals surface area contributed by atoms with Crippen molar-refractivity contribution in [1.82, 2.24) is 19.8 Å². The zero-order valence-corrected chi connectivity index (χ0v) is 15.9. The number of nitrogens with zero attached hydrogens (tertiary/aromatic N) is 3. The van der Waals surface area contributed by atoms with Gasteiger partial charge in [0.1, 0.15) is 5.69 Å². The first-order valence-corrected chi connectivity index (χ1v) is 9.86. The molecular weight excluding hydrogens is 332 g/mol. The average Bonchev–Trinajstić information content (AvgIpc) is 3.31. The Morgan fingerprint density at radius 2 is 2.19 bits per heavy atom. The summed E-state index contributed by atoms with van der Waals surface area (Å²) in [7, 11) is 1.81. The van der Waals surface area contributed by atoms with E-state index in [-0.39, 0.29) is 17.9 Å². The predicted octanol–water partition coefficient (Wildman–Crippen LogP) is 2.00. The highest BCUT2D eigenvalue weighted by atomic mass is 16.5. The number of hydrogen-bond acceptors (Lipinski definition) is 4. The van der Waals surface area contributed by atoms with Crippen molar-refractivity contribution >= 4 is 11.8 Å².